The van der Waals surface area contributed by atoms with Crippen LogP contribution in [0.15, 0.2) is 48.5 Å². The van der Waals surface area contributed by atoms with Crippen LogP contribution in [0.2, 0.25) is 0 Å². The van der Waals surface area contributed by atoms with Crippen LogP contribution in [0.1, 0.15) is 15.9 Å². The minimum absolute atomic E-state index is 0.377. The van der Waals surface area contributed by atoms with Gasteiger partial charge < -0.3 is 25.0 Å². The monoisotopic (exact) mass is 385 g/mol. The summed E-state index contributed by atoms with van der Waals surface area (Å²) in [6, 6.07) is 15.5. The highest BCUT2D eigenvalue weighted by molar-refractivity contribution is 7.80. The van der Waals surface area contributed by atoms with E-state index in [-0.39, 0.29) is 5.97 Å². The van der Waals surface area contributed by atoms with Crippen LogP contribution in [0.5, 0.6) is 0 Å². The van der Waals surface area contributed by atoms with Gasteiger partial charge in [0.2, 0.25) is 0 Å². The van der Waals surface area contributed by atoms with Gasteiger partial charge in [-0.15, -0.1) is 0 Å². The normalized spacial score (nSPS) is 13.7. The minimum atomic E-state index is -0.377. The molecule has 0 amide bonds. The largest absolute Gasteiger partial charge is 0.465 e. The molecule has 1 fully saturated rings. The van der Waals surface area contributed by atoms with E-state index in [0.29, 0.717) is 17.2 Å². The van der Waals surface area contributed by atoms with Crippen LogP contribution in [0.3, 0.4) is 0 Å². The summed E-state index contributed by atoms with van der Waals surface area (Å²) in [7, 11) is 1.36. The lowest BCUT2D eigenvalue weighted by atomic mass is 10.2. The van der Waals surface area contributed by atoms with Crippen molar-refractivity contribution in [1.29, 1.82) is 0 Å². The summed E-state index contributed by atoms with van der Waals surface area (Å²) in [5.41, 5.74) is 3.56. The Morgan fingerprint density at radius 3 is 2.63 bits per heavy atom. The van der Waals surface area contributed by atoms with E-state index < -0.39 is 0 Å². The molecule has 3 rings (SSSR count). The molecule has 0 aliphatic carbocycles. The second-order valence-electron chi connectivity index (χ2n) is 6.15. The number of esters is 1. The van der Waals surface area contributed by atoms with Gasteiger partial charge in [-0.1, -0.05) is 18.2 Å². The molecule has 0 saturated carbocycles. The number of hydrogen-bond acceptors (Lipinski definition) is 5. The Bertz CT molecular complexity index is 789. The summed E-state index contributed by atoms with van der Waals surface area (Å²) in [6.07, 6.45) is 0. The second-order valence-corrected chi connectivity index (χ2v) is 6.55. The molecule has 0 bridgehead atoms. The van der Waals surface area contributed by atoms with Crippen molar-refractivity contribution >= 4 is 34.7 Å². The van der Waals surface area contributed by atoms with E-state index in [1.165, 1.54) is 12.8 Å². The molecule has 0 aromatic heterocycles. The first-order valence-electron chi connectivity index (χ1n) is 8.80. The Morgan fingerprint density at radius 2 is 1.93 bits per heavy atom. The highest BCUT2D eigenvalue weighted by atomic mass is 32.1. The zero-order valence-electron chi connectivity index (χ0n) is 15.2. The first-order valence-corrected chi connectivity index (χ1v) is 9.21. The van der Waals surface area contributed by atoms with E-state index in [2.05, 4.69) is 39.8 Å². The van der Waals surface area contributed by atoms with Gasteiger partial charge in [0.05, 0.1) is 25.9 Å². The number of rotatable bonds is 5. The smallest absolute Gasteiger partial charge is 0.337 e. The summed E-state index contributed by atoms with van der Waals surface area (Å²) >= 11 is 5.34. The van der Waals surface area contributed by atoms with E-state index in [1.807, 2.05) is 6.07 Å². The lowest BCUT2D eigenvalue weighted by Gasteiger charge is -2.28. The van der Waals surface area contributed by atoms with Gasteiger partial charge in [0, 0.05) is 31.0 Å². The minimum Gasteiger partial charge on any atom is -0.465 e. The predicted molar refractivity (Wildman–Crippen MR) is 110 cm³/mol. The van der Waals surface area contributed by atoms with E-state index in [4.69, 9.17) is 21.7 Å². The van der Waals surface area contributed by atoms with Crippen LogP contribution in [-0.4, -0.2) is 44.5 Å². The number of nitrogens with one attached hydrogen (secondary N) is 2. The fourth-order valence-electron chi connectivity index (χ4n) is 2.85. The van der Waals surface area contributed by atoms with Crippen molar-refractivity contribution in [3.05, 3.63) is 59.7 Å². The van der Waals surface area contributed by atoms with E-state index in [1.54, 1.807) is 18.2 Å². The zero-order chi connectivity index (χ0) is 19.1. The number of anilines is 2. The third kappa shape index (κ3) is 5.42. The summed E-state index contributed by atoms with van der Waals surface area (Å²) in [6.45, 7) is 4.03. The van der Waals surface area contributed by atoms with Crippen molar-refractivity contribution in [3.63, 3.8) is 0 Å². The van der Waals surface area contributed by atoms with Crippen molar-refractivity contribution in [2.75, 3.05) is 43.6 Å². The van der Waals surface area contributed by atoms with Gasteiger partial charge in [0.25, 0.3) is 0 Å². The first-order chi connectivity index (χ1) is 13.2. The van der Waals surface area contributed by atoms with Gasteiger partial charge >= 0.3 is 5.97 Å². The molecule has 2 aromatic carbocycles. The molecule has 1 aliphatic rings. The standard InChI is InChI=1S/C20H23N3O3S/c1-25-19(24)16-3-2-4-17(13-16)22-20(27)21-14-15-5-7-18(8-6-15)23-9-11-26-12-10-23/h2-8,13H,9-12,14H2,1H3,(H2,21,22,27). The maximum atomic E-state index is 11.6. The highest BCUT2D eigenvalue weighted by Gasteiger charge is 2.11. The molecule has 7 heteroatoms. The second kappa shape index (κ2) is 9.34. The van der Waals surface area contributed by atoms with Crippen molar-refractivity contribution in [2.45, 2.75) is 6.54 Å². The van der Waals surface area contributed by atoms with E-state index in [0.717, 1.165) is 37.6 Å². The maximum Gasteiger partial charge on any atom is 0.337 e. The van der Waals surface area contributed by atoms with Crippen LogP contribution in [-0.2, 0) is 16.0 Å². The molecule has 0 spiro atoms. The number of carbonyl (C=O) groups is 1. The van der Waals surface area contributed by atoms with Gasteiger partial charge in [0.15, 0.2) is 5.11 Å². The zero-order valence-corrected chi connectivity index (χ0v) is 16.1. The Kier molecular flexibility index (Phi) is 6.62. The molecule has 0 atom stereocenters. The van der Waals surface area contributed by atoms with Crippen molar-refractivity contribution in [1.82, 2.24) is 5.32 Å². The number of benzene rings is 2. The van der Waals surface area contributed by atoms with E-state index >= 15 is 0 Å². The molecule has 0 radical (unpaired) electrons. The molecule has 1 saturated heterocycles. The van der Waals surface area contributed by atoms with Crippen LogP contribution in [0.4, 0.5) is 11.4 Å². The Hall–Kier alpha value is -2.64. The Morgan fingerprint density at radius 1 is 1.19 bits per heavy atom. The van der Waals surface area contributed by atoms with Crippen LogP contribution in [0.25, 0.3) is 0 Å². The summed E-state index contributed by atoms with van der Waals surface area (Å²) in [4.78, 5) is 13.9. The topological polar surface area (TPSA) is 62.8 Å². The van der Waals surface area contributed by atoms with Crippen LogP contribution >= 0.6 is 12.2 Å². The lowest BCUT2D eigenvalue weighted by Crippen LogP contribution is -2.36. The fraction of sp³-hybridized carbons (Fsp3) is 0.300. The number of nitrogens with zero attached hydrogens (tertiary/aromatic N) is 1. The number of hydrogen-bond donors (Lipinski definition) is 2. The average Bonchev–Trinajstić information content (AvgIpc) is 2.73. The number of thiocarbonyl (C=S) groups is 1. The Balaban J connectivity index is 1.51. The number of ether oxygens (including phenoxy) is 2. The number of methoxy groups -OCH3 is 1. The first kappa shape index (κ1) is 19.1. The molecule has 6 nitrogen and oxygen atoms in total. The third-order valence-corrected chi connectivity index (χ3v) is 4.55. The highest BCUT2D eigenvalue weighted by Crippen LogP contribution is 2.17. The maximum absolute atomic E-state index is 11.6. The van der Waals surface area contributed by atoms with Gasteiger partial charge in [-0.25, -0.2) is 4.79 Å². The van der Waals surface area contributed by atoms with Crippen LogP contribution in [0, 0.1) is 0 Å². The fourth-order valence-corrected chi connectivity index (χ4v) is 3.04. The van der Waals surface area contributed by atoms with Gasteiger partial charge in [-0.2, -0.15) is 0 Å². The predicted octanol–water partition coefficient (Wildman–Crippen LogP) is 2.80. The van der Waals surface area contributed by atoms with Gasteiger partial charge in [-0.3, -0.25) is 0 Å². The molecule has 27 heavy (non-hydrogen) atoms. The average molecular weight is 385 g/mol. The van der Waals surface area contributed by atoms with Crippen molar-refractivity contribution < 1.29 is 14.3 Å². The van der Waals surface area contributed by atoms with Crippen molar-refractivity contribution in [2.24, 2.45) is 0 Å². The molecule has 1 aliphatic heterocycles. The summed E-state index contributed by atoms with van der Waals surface area (Å²) in [5.74, 6) is -0.377. The molecule has 0 unspecified atom stereocenters. The quantitative estimate of drug-likeness (QED) is 0.606. The molecule has 142 valence electrons. The molecule has 2 aromatic rings. The number of carbonyl (C=O) groups excluding carboxylic acids is 1. The summed E-state index contributed by atoms with van der Waals surface area (Å²) in [5, 5.41) is 6.76. The SMILES string of the molecule is COC(=O)c1cccc(NC(=S)NCc2ccc(N3CCOCC3)cc2)c1. The molecular weight excluding hydrogens is 362 g/mol. The molecular formula is C20H23N3O3S. The van der Waals surface area contributed by atoms with Gasteiger partial charge in [-0.05, 0) is 48.1 Å². The Labute approximate surface area is 164 Å². The molecule has 1 heterocycles. The van der Waals surface area contributed by atoms with Crippen molar-refractivity contribution in [3.8, 4) is 0 Å². The van der Waals surface area contributed by atoms with Crippen LogP contribution < -0.4 is 15.5 Å². The third-order valence-electron chi connectivity index (χ3n) is 4.31. The summed E-state index contributed by atoms with van der Waals surface area (Å²) < 4.78 is 10.1. The van der Waals surface area contributed by atoms with Gasteiger partial charge in [0.1, 0.15) is 0 Å². The number of morpholine rings is 1. The molecule has 2 N–H and O–H groups in total. The van der Waals surface area contributed by atoms with E-state index in [9.17, 15) is 4.79 Å². The lowest BCUT2D eigenvalue weighted by molar-refractivity contribution is 0.0601.